The Balaban J connectivity index is 0.000000303. The number of hydrogen-bond acceptors (Lipinski definition) is 1. The average Bonchev–Trinajstić information content (AvgIpc) is 2.72. The maximum Gasteiger partial charge on any atom is 0.0346 e. The van der Waals surface area contributed by atoms with Crippen molar-refractivity contribution in [3.8, 4) is 0 Å². The van der Waals surface area contributed by atoms with Crippen LogP contribution in [0.2, 0.25) is 0 Å². The first-order valence-corrected chi connectivity index (χ1v) is 11.8. The molecule has 0 aliphatic heterocycles. The van der Waals surface area contributed by atoms with Crippen molar-refractivity contribution in [2.75, 3.05) is 5.88 Å². The van der Waals surface area contributed by atoms with Gasteiger partial charge in [-0.15, -0.1) is 11.6 Å². The summed E-state index contributed by atoms with van der Waals surface area (Å²) < 4.78 is 0. The molecule has 0 amide bonds. The third-order valence-electron chi connectivity index (χ3n) is 5.04. The second-order valence-corrected chi connectivity index (χ2v) is 7.89. The van der Waals surface area contributed by atoms with Crippen LogP contribution in [0.1, 0.15) is 96.8 Å². The number of halogens is 1. The molecule has 27 heavy (non-hydrogen) atoms. The monoisotopic (exact) mass is 389 g/mol. The maximum atomic E-state index is 5.64. The predicted octanol–water partition coefficient (Wildman–Crippen LogP) is 8.94. The van der Waals surface area contributed by atoms with Crippen LogP contribution < -0.4 is 0 Å². The minimum Gasteiger partial charge on any atom is -0.264 e. The van der Waals surface area contributed by atoms with Crippen LogP contribution in [0.25, 0.3) is 10.8 Å². The topological polar surface area (TPSA) is 12.9 Å². The molecule has 1 aromatic heterocycles. The maximum absolute atomic E-state index is 5.64. The van der Waals surface area contributed by atoms with E-state index < -0.39 is 0 Å². The van der Waals surface area contributed by atoms with Crippen LogP contribution in [-0.2, 0) is 0 Å². The number of unbranched alkanes of at least 4 members (excludes halogenated alkanes) is 13. The van der Waals surface area contributed by atoms with E-state index in [-0.39, 0.29) is 0 Å². The normalized spacial score (nSPS) is 10.6. The minimum atomic E-state index is 0.845. The molecule has 0 radical (unpaired) electrons. The first-order valence-electron chi connectivity index (χ1n) is 11.2. The molecule has 0 N–H and O–H groups in total. The van der Waals surface area contributed by atoms with E-state index in [1.54, 1.807) is 0 Å². The highest BCUT2D eigenvalue weighted by atomic mass is 35.5. The van der Waals surface area contributed by atoms with Gasteiger partial charge in [-0.2, -0.15) is 0 Å². The van der Waals surface area contributed by atoms with Crippen molar-refractivity contribution in [1.82, 2.24) is 4.98 Å². The lowest BCUT2D eigenvalue weighted by Gasteiger charge is -2.02. The number of alkyl halides is 1. The molecule has 0 saturated carbocycles. The van der Waals surface area contributed by atoms with Crippen LogP contribution in [0.3, 0.4) is 0 Å². The largest absolute Gasteiger partial charge is 0.264 e. The standard InChI is InChI=1S/C16H33Cl.C9H7N/c1-2-3-4-5-6-7-8-9-10-11-12-13-14-15-16-17;1-2-4-9-7-10-6-5-8(9)3-1/h2-16H2,1H3;1-7H. The molecule has 152 valence electrons. The Kier molecular flexibility index (Phi) is 16.2. The Morgan fingerprint density at radius 2 is 1.11 bits per heavy atom. The van der Waals surface area contributed by atoms with Crippen LogP contribution in [0.4, 0.5) is 0 Å². The fourth-order valence-electron chi connectivity index (χ4n) is 3.32. The van der Waals surface area contributed by atoms with Gasteiger partial charge < -0.3 is 0 Å². The van der Waals surface area contributed by atoms with Crippen molar-refractivity contribution in [3.63, 3.8) is 0 Å². The van der Waals surface area contributed by atoms with Gasteiger partial charge in [-0.05, 0) is 23.3 Å². The Morgan fingerprint density at radius 1 is 0.630 bits per heavy atom. The summed E-state index contributed by atoms with van der Waals surface area (Å²) in [6, 6.07) is 10.2. The van der Waals surface area contributed by atoms with Gasteiger partial charge in [0, 0.05) is 18.3 Å². The SMILES string of the molecule is CCCCCCCCCCCCCCCCCl.c1ccc2cnccc2c1. The molecule has 1 heterocycles. The Bertz CT molecular complexity index is 475. The zero-order chi connectivity index (χ0) is 19.4. The van der Waals surface area contributed by atoms with Gasteiger partial charge in [0.15, 0.2) is 0 Å². The molecule has 0 saturated heterocycles. The lowest BCUT2D eigenvalue weighted by Crippen LogP contribution is -1.83. The second-order valence-electron chi connectivity index (χ2n) is 7.51. The number of nitrogens with zero attached hydrogens (tertiary/aromatic N) is 1. The predicted molar refractivity (Wildman–Crippen MR) is 123 cm³/mol. The summed E-state index contributed by atoms with van der Waals surface area (Å²) in [7, 11) is 0. The molecule has 0 bridgehead atoms. The van der Waals surface area contributed by atoms with E-state index in [0.717, 1.165) is 5.88 Å². The fourth-order valence-corrected chi connectivity index (χ4v) is 3.50. The van der Waals surface area contributed by atoms with Gasteiger partial charge >= 0.3 is 0 Å². The number of aromatic nitrogens is 1. The molecule has 2 rings (SSSR count). The smallest absolute Gasteiger partial charge is 0.0346 e. The van der Waals surface area contributed by atoms with E-state index in [4.69, 9.17) is 11.6 Å². The first-order chi connectivity index (χ1) is 13.4. The van der Waals surface area contributed by atoms with Gasteiger partial charge in [-0.25, -0.2) is 0 Å². The molecular weight excluding hydrogens is 350 g/mol. The zero-order valence-electron chi connectivity index (χ0n) is 17.5. The van der Waals surface area contributed by atoms with Gasteiger partial charge in [-0.1, -0.05) is 115 Å². The minimum absolute atomic E-state index is 0.845. The van der Waals surface area contributed by atoms with Crippen molar-refractivity contribution < 1.29 is 0 Å². The van der Waals surface area contributed by atoms with Crippen LogP contribution in [0, 0.1) is 0 Å². The summed E-state index contributed by atoms with van der Waals surface area (Å²) in [5.74, 6) is 0.845. The van der Waals surface area contributed by atoms with E-state index >= 15 is 0 Å². The number of hydrogen-bond donors (Lipinski definition) is 0. The van der Waals surface area contributed by atoms with Crippen LogP contribution in [0.5, 0.6) is 0 Å². The highest BCUT2D eigenvalue weighted by Crippen LogP contribution is 2.13. The van der Waals surface area contributed by atoms with Gasteiger partial charge in [-0.3, -0.25) is 4.98 Å². The van der Waals surface area contributed by atoms with E-state index in [2.05, 4.69) is 24.0 Å². The van der Waals surface area contributed by atoms with Crippen molar-refractivity contribution in [2.45, 2.75) is 96.8 Å². The molecular formula is C25H40ClN. The zero-order valence-corrected chi connectivity index (χ0v) is 18.2. The third kappa shape index (κ3) is 13.7. The Hall–Kier alpha value is -1.08. The molecule has 0 unspecified atom stereocenters. The van der Waals surface area contributed by atoms with Gasteiger partial charge in [0.1, 0.15) is 0 Å². The Labute approximate surface area is 172 Å². The number of benzene rings is 1. The van der Waals surface area contributed by atoms with Crippen molar-refractivity contribution >= 4 is 22.4 Å². The molecule has 1 nitrogen and oxygen atoms in total. The van der Waals surface area contributed by atoms with E-state index in [1.165, 1.54) is 101 Å². The molecule has 0 aliphatic carbocycles. The molecule has 1 aromatic carbocycles. The van der Waals surface area contributed by atoms with Crippen LogP contribution in [0.15, 0.2) is 42.7 Å². The first kappa shape index (κ1) is 24.0. The van der Waals surface area contributed by atoms with Crippen molar-refractivity contribution in [2.24, 2.45) is 0 Å². The van der Waals surface area contributed by atoms with Gasteiger partial charge in [0.2, 0.25) is 0 Å². The molecule has 2 aromatic rings. The van der Waals surface area contributed by atoms with E-state index in [0.29, 0.717) is 0 Å². The third-order valence-corrected chi connectivity index (χ3v) is 5.30. The van der Waals surface area contributed by atoms with E-state index in [1.807, 2.05) is 30.6 Å². The molecule has 0 atom stereocenters. The van der Waals surface area contributed by atoms with Crippen molar-refractivity contribution in [3.05, 3.63) is 42.7 Å². The molecule has 0 aliphatic rings. The highest BCUT2D eigenvalue weighted by Gasteiger charge is 1.93. The average molecular weight is 390 g/mol. The van der Waals surface area contributed by atoms with Crippen LogP contribution in [-0.4, -0.2) is 10.9 Å². The van der Waals surface area contributed by atoms with Gasteiger partial charge in [0.05, 0.1) is 0 Å². The van der Waals surface area contributed by atoms with Crippen LogP contribution >= 0.6 is 11.6 Å². The van der Waals surface area contributed by atoms with Gasteiger partial charge in [0.25, 0.3) is 0 Å². The van der Waals surface area contributed by atoms with E-state index in [9.17, 15) is 0 Å². The summed E-state index contributed by atoms with van der Waals surface area (Å²) in [6.07, 6.45) is 23.5. The fraction of sp³-hybridized carbons (Fsp3) is 0.640. The highest BCUT2D eigenvalue weighted by molar-refractivity contribution is 6.17. The number of rotatable bonds is 14. The summed E-state index contributed by atoms with van der Waals surface area (Å²) in [4.78, 5) is 4.01. The quantitative estimate of drug-likeness (QED) is 0.232. The lowest BCUT2D eigenvalue weighted by atomic mass is 10.0. The summed E-state index contributed by atoms with van der Waals surface area (Å²) in [5, 5.41) is 2.45. The summed E-state index contributed by atoms with van der Waals surface area (Å²) in [5.41, 5.74) is 0. The summed E-state index contributed by atoms with van der Waals surface area (Å²) in [6.45, 7) is 2.28. The Morgan fingerprint density at radius 3 is 1.59 bits per heavy atom. The van der Waals surface area contributed by atoms with Crippen molar-refractivity contribution in [1.29, 1.82) is 0 Å². The summed E-state index contributed by atoms with van der Waals surface area (Å²) >= 11 is 5.64. The molecule has 0 spiro atoms. The molecule has 0 fully saturated rings. The number of fused-ring (bicyclic) bond motifs is 1. The second kappa shape index (κ2) is 18.3. The number of pyridine rings is 1. The lowest BCUT2D eigenvalue weighted by molar-refractivity contribution is 0.538. The molecule has 2 heteroatoms.